The molecule has 1 unspecified atom stereocenters. The van der Waals surface area contributed by atoms with Gasteiger partial charge in [-0.15, -0.1) is 0 Å². The van der Waals surface area contributed by atoms with Gasteiger partial charge in [0.2, 0.25) is 0 Å². The fourth-order valence-corrected chi connectivity index (χ4v) is 4.16. The number of ether oxygens (including phenoxy) is 4. The summed E-state index contributed by atoms with van der Waals surface area (Å²) in [6.45, 7) is 2.03. The molecule has 0 spiro atoms. The van der Waals surface area contributed by atoms with Gasteiger partial charge in [-0.1, -0.05) is 18.2 Å². The molecule has 0 bridgehead atoms. The normalized spacial score (nSPS) is 18.8. The topological polar surface area (TPSA) is 69.3 Å². The molecule has 0 fully saturated rings. The van der Waals surface area contributed by atoms with Crippen LogP contribution in [0.25, 0.3) is 0 Å². The molecule has 3 heterocycles. The molecule has 6 rings (SSSR count). The largest absolute Gasteiger partial charge is 0.486 e. The van der Waals surface area contributed by atoms with Crippen LogP contribution in [0.3, 0.4) is 0 Å². The summed E-state index contributed by atoms with van der Waals surface area (Å²) in [4.78, 5) is 15.4. The van der Waals surface area contributed by atoms with E-state index in [1.54, 1.807) is 4.90 Å². The first-order valence-electron chi connectivity index (χ1n) is 10.3. The van der Waals surface area contributed by atoms with Gasteiger partial charge in [-0.25, -0.2) is 0 Å². The fourth-order valence-electron chi connectivity index (χ4n) is 4.16. The first-order valence-corrected chi connectivity index (χ1v) is 10.3. The quantitative estimate of drug-likeness (QED) is 0.681. The Balaban J connectivity index is 1.47. The lowest BCUT2D eigenvalue weighted by molar-refractivity contribution is 0.0974. The van der Waals surface area contributed by atoms with Gasteiger partial charge in [0, 0.05) is 11.8 Å². The van der Waals surface area contributed by atoms with Gasteiger partial charge < -0.3 is 24.3 Å². The zero-order valence-corrected chi connectivity index (χ0v) is 16.7. The molecule has 0 radical (unpaired) electrons. The molecule has 7 heteroatoms. The number of nitrogens with one attached hydrogen (secondary N) is 1. The maximum absolute atomic E-state index is 13.6. The first kappa shape index (κ1) is 17.9. The highest BCUT2D eigenvalue weighted by atomic mass is 16.6. The van der Waals surface area contributed by atoms with Crippen molar-refractivity contribution in [3.05, 3.63) is 71.8 Å². The summed E-state index contributed by atoms with van der Waals surface area (Å²) in [5.41, 5.74) is 3.02. The van der Waals surface area contributed by atoms with Crippen LogP contribution in [0.4, 0.5) is 11.4 Å². The van der Waals surface area contributed by atoms with E-state index in [1.807, 2.05) is 60.7 Å². The zero-order chi connectivity index (χ0) is 20.8. The third-order valence-electron chi connectivity index (χ3n) is 5.61. The van der Waals surface area contributed by atoms with Gasteiger partial charge in [-0.2, -0.15) is 0 Å². The van der Waals surface area contributed by atoms with Gasteiger partial charge >= 0.3 is 0 Å². The molecular formula is C24H20N2O5. The van der Waals surface area contributed by atoms with Gasteiger partial charge in [0.05, 0.1) is 11.3 Å². The number of nitrogens with zero attached hydrogens (tertiary/aromatic N) is 1. The van der Waals surface area contributed by atoms with Crippen LogP contribution in [0.15, 0.2) is 60.7 Å². The van der Waals surface area contributed by atoms with E-state index in [0.29, 0.717) is 55.0 Å². The van der Waals surface area contributed by atoms with Crippen LogP contribution in [-0.2, 0) is 0 Å². The number of rotatable bonds is 2. The van der Waals surface area contributed by atoms with Crippen molar-refractivity contribution in [1.29, 1.82) is 0 Å². The molecule has 3 aliphatic heterocycles. The Bertz CT molecular complexity index is 1180. The summed E-state index contributed by atoms with van der Waals surface area (Å²) in [6, 6.07) is 18.9. The van der Waals surface area contributed by atoms with Gasteiger partial charge in [-0.3, -0.25) is 9.69 Å². The van der Waals surface area contributed by atoms with Crippen LogP contribution in [0.1, 0.15) is 22.1 Å². The highest BCUT2D eigenvalue weighted by Crippen LogP contribution is 2.42. The molecule has 1 N–H and O–H groups in total. The molecule has 1 atom stereocenters. The van der Waals surface area contributed by atoms with Crippen molar-refractivity contribution >= 4 is 17.3 Å². The standard InChI is InChI=1S/C24H20N2O5/c27-24-17-3-1-2-4-18(17)25-23(15-5-7-19-21(13-15)30-11-9-28-19)26(24)16-6-8-20-22(14-16)31-12-10-29-20/h1-8,13-14,23,25H,9-12H2. The van der Waals surface area contributed by atoms with Gasteiger partial charge in [0.25, 0.3) is 5.91 Å². The van der Waals surface area contributed by atoms with Crippen molar-refractivity contribution in [3.8, 4) is 23.0 Å². The first-order chi connectivity index (χ1) is 15.3. The van der Waals surface area contributed by atoms with Crippen LogP contribution < -0.4 is 29.2 Å². The number of hydrogen-bond acceptors (Lipinski definition) is 6. The molecule has 7 nitrogen and oxygen atoms in total. The summed E-state index contributed by atoms with van der Waals surface area (Å²) in [7, 11) is 0. The summed E-state index contributed by atoms with van der Waals surface area (Å²) in [6.07, 6.45) is -0.430. The van der Waals surface area contributed by atoms with Gasteiger partial charge in [0.1, 0.15) is 32.6 Å². The van der Waals surface area contributed by atoms with Crippen molar-refractivity contribution in [3.63, 3.8) is 0 Å². The number of carbonyl (C=O) groups excluding carboxylic acids is 1. The summed E-state index contributed by atoms with van der Waals surface area (Å²) in [5, 5.41) is 3.52. The Kier molecular flexibility index (Phi) is 4.12. The van der Waals surface area contributed by atoms with E-state index < -0.39 is 6.17 Å². The minimum atomic E-state index is -0.430. The Morgan fingerprint density at radius 1 is 0.742 bits per heavy atom. The van der Waals surface area contributed by atoms with E-state index in [2.05, 4.69) is 5.32 Å². The molecule has 0 saturated carbocycles. The molecule has 31 heavy (non-hydrogen) atoms. The fraction of sp³-hybridized carbons (Fsp3) is 0.208. The molecule has 3 aliphatic rings. The summed E-state index contributed by atoms with van der Waals surface area (Å²) < 4.78 is 22.8. The smallest absolute Gasteiger partial charge is 0.262 e. The minimum Gasteiger partial charge on any atom is -0.486 e. The summed E-state index contributed by atoms with van der Waals surface area (Å²) >= 11 is 0. The maximum atomic E-state index is 13.6. The third-order valence-corrected chi connectivity index (χ3v) is 5.61. The van der Waals surface area contributed by atoms with Crippen molar-refractivity contribution < 1.29 is 23.7 Å². The third kappa shape index (κ3) is 3.01. The lowest BCUT2D eigenvalue weighted by atomic mass is 10.0. The molecule has 156 valence electrons. The number of anilines is 2. The second kappa shape index (κ2) is 7.12. The molecule has 1 amide bonds. The van der Waals surface area contributed by atoms with Gasteiger partial charge in [0.15, 0.2) is 23.0 Å². The SMILES string of the molecule is O=C1c2ccccc2NC(c2ccc3c(c2)OCCO3)N1c1ccc2c(c1)OCCO2. The van der Waals surface area contributed by atoms with Crippen molar-refractivity contribution in [2.75, 3.05) is 36.6 Å². The lowest BCUT2D eigenvalue weighted by Crippen LogP contribution is -2.43. The number of benzene rings is 3. The van der Waals surface area contributed by atoms with Crippen LogP contribution in [-0.4, -0.2) is 32.3 Å². The van der Waals surface area contributed by atoms with E-state index in [0.717, 1.165) is 16.9 Å². The Hall–Kier alpha value is -3.87. The summed E-state index contributed by atoms with van der Waals surface area (Å²) in [5.74, 6) is 2.62. The zero-order valence-electron chi connectivity index (χ0n) is 16.7. The van der Waals surface area contributed by atoms with E-state index in [4.69, 9.17) is 18.9 Å². The van der Waals surface area contributed by atoms with E-state index in [-0.39, 0.29) is 5.91 Å². The van der Waals surface area contributed by atoms with Crippen LogP contribution in [0.2, 0.25) is 0 Å². The molecule has 3 aromatic carbocycles. The highest BCUT2D eigenvalue weighted by Gasteiger charge is 2.35. The maximum Gasteiger partial charge on any atom is 0.262 e. The van der Waals surface area contributed by atoms with Crippen molar-refractivity contribution in [2.24, 2.45) is 0 Å². The molecule has 0 aliphatic carbocycles. The average Bonchev–Trinajstić information content (AvgIpc) is 2.83. The van der Waals surface area contributed by atoms with Crippen molar-refractivity contribution in [1.82, 2.24) is 0 Å². The molecule has 3 aromatic rings. The van der Waals surface area contributed by atoms with Crippen LogP contribution >= 0.6 is 0 Å². The Labute approximate surface area is 179 Å². The highest BCUT2D eigenvalue weighted by molar-refractivity contribution is 6.12. The van der Waals surface area contributed by atoms with Crippen LogP contribution in [0, 0.1) is 0 Å². The number of para-hydroxylation sites is 1. The lowest BCUT2D eigenvalue weighted by Gasteiger charge is -2.38. The van der Waals surface area contributed by atoms with E-state index in [9.17, 15) is 4.79 Å². The number of amides is 1. The molecular weight excluding hydrogens is 396 g/mol. The average molecular weight is 416 g/mol. The van der Waals surface area contributed by atoms with Crippen LogP contribution in [0.5, 0.6) is 23.0 Å². The van der Waals surface area contributed by atoms with E-state index in [1.165, 1.54) is 0 Å². The predicted octanol–water partition coefficient (Wildman–Crippen LogP) is 4.00. The number of hydrogen-bond donors (Lipinski definition) is 1. The molecule has 0 aromatic heterocycles. The van der Waals surface area contributed by atoms with E-state index >= 15 is 0 Å². The Morgan fingerprint density at radius 2 is 1.39 bits per heavy atom. The monoisotopic (exact) mass is 416 g/mol. The van der Waals surface area contributed by atoms with Crippen molar-refractivity contribution in [2.45, 2.75) is 6.17 Å². The second-order valence-electron chi connectivity index (χ2n) is 7.50. The van der Waals surface area contributed by atoms with Gasteiger partial charge in [-0.05, 0) is 42.0 Å². The number of carbonyl (C=O) groups is 1. The Morgan fingerprint density at radius 3 is 2.16 bits per heavy atom. The second-order valence-corrected chi connectivity index (χ2v) is 7.50. The number of fused-ring (bicyclic) bond motifs is 3. The molecule has 0 saturated heterocycles. The predicted molar refractivity (Wildman–Crippen MR) is 114 cm³/mol. The minimum absolute atomic E-state index is 0.0917.